The molecule has 0 amide bonds. The Bertz CT molecular complexity index is 204. The molecule has 0 fully saturated rings. The molecule has 0 bridgehead atoms. The van der Waals surface area contributed by atoms with Crippen LogP contribution in [0.5, 0.6) is 0 Å². The zero-order chi connectivity index (χ0) is 9.40. The van der Waals surface area contributed by atoms with Crippen molar-refractivity contribution in [3.8, 4) is 0 Å². The monoisotopic (exact) mass is 171 g/mol. The van der Waals surface area contributed by atoms with Gasteiger partial charge in [0.1, 0.15) is 4.92 Å². The summed E-state index contributed by atoms with van der Waals surface area (Å²) in [5.41, 5.74) is 0. The summed E-state index contributed by atoms with van der Waals surface area (Å²) in [6.07, 6.45) is 3.90. The fourth-order valence-corrected chi connectivity index (χ4v) is 0.374. The highest BCUT2D eigenvalue weighted by Gasteiger charge is 2.04. The Balaban J connectivity index is 0.000000261. The lowest BCUT2D eigenvalue weighted by atomic mass is 10.4. The molecule has 0 spiro atoms. The third-order valence-corrected chi connectivity index (χ3v) is 1.19. The molecule has 0 aromatic carbocycles. The molecule has 12 heavy (non-hydrogen) atoms. The van der Waals surface area contributed by atoms with Crippen LogP contribution in [-0.2, 0) is 0 Å². The summed E-state index contributed by atoms with van der Waals surface area (Å²) < 4.78 is 4.40. The summed E-state index contributed by atoms with van der Waals surface area (Å²) in [5, 5.41) is 9.77. The van der Waals surface area contributed by atoms with Gasteiger partial charge in [-0.2, -0.15) is 0 Å². The van der Waals surface area contributed by atoms with E-state index in [0.29, 0.717) is 0 Å². The van der Waals surface area contributed by atoms with Gasteiger partial charge in [-0.05, 0) is 6.07 Å². The van der Waals surface area contributed by atoms with E-state index in [1.54, 1.807) is 0 Å². The SMILES string of the molecule is CCCC.O=[N+]([O-])c1ccco1. The summed E-state index contributed by atoms with van der Waals surface area (Å²) in [7, 11) is 0. The van der Waals surface area contributed by atoms with E-state index in [1.807, 2.05) is 0 Å². The highest BCUT2D eigenvalue weighted by Crippen LogP contribution is 2.08. The molecule has 1 aromatic rings. The fraction of sp³-hybridized carbons (Fsp3) is 0.500. The van der Waals surface area contributed by atoms with Gasteiger partial charge in [0.2, 0.25) is 0 Å². The highest BCUT2D eigenvalue weighted by atomic mass is 16.6. The summed E-state index contributed by atoms with van der Waals surface area (Å²) in [6.45, 7) is 4.36. The van der Waals surface area contributed by atoms with Crippen LogP contribution in [0.1, 0.15) is 26.7 Å². The largest absolute Gasteiger partial charge is 0.432 e. The molecule has 4 heteroatoms. The van der Waals surface area contributed by atoms with Gasteiger partial charge in [-0.25, -0.2) is 0 Å². The Morgan fingerprint density at radius 3 is 2.25 bits per heavy atom. The van der Waals surface area contributed by atoms with Gasteiger partial charge in [0, 0.05) is 0 Å². The van der Waals surface area contributed by atoms with Crippen molar-refractivity contribution in [1.29, 1.82) is 0 Å². The van der Waals surface area contributed by atoms with Crippen molar-refractivity contribution >= 4 is 5.88 Å². The maximum absolute atomic E-state index is 9.77. The van der Waals surface area contributed by atoms with Crippen LogP contribution in [-0.4, -0.2) is 4.92 Å². The van der Waals surface area contributed by atoms with Gasteiger partial charge in [0.05, 0.1) is 12.3 Å². The molecule has 0 aliphatic carbocycles. The minimum absolute atomic E-state index is 0.218. The third-order valence-electron chi connectivity index (χ3n) is 1.19. The minimum atomic E-state index is -0.583. The van der Waals surface area contributed by atoms with Crippen LogP contribution in [0.15, 0.2) is 22.8 Å². The van der Waals surface area contributed by atoms with Gasteiger partial charge in [-0.3, -0.25) is 10.1 Å². The van der Waals surface area contributed by atoms with E-state index in [-0.39, 0.29) is 5.88 Å². The third kappa shape index (κ3) is 4.49. The van der Waals surface area contributed by atoms with Crippen molar-refractivity contribution in [2.75, 3.05) is 0 Å². The highest BCUT2D eigenvalue weighted by molar-refractivity contribution is 5.11. The number of unbranched alkanes of at least 4 members (excludes halogenated alkanes) is 1. The number of hydrogen-bond donors (Lipinski definition) is 0. The van der Waals surface area contributed by atoms with Crippen LogP contribution in [0.4, 0.5) is 5.88 Å². The lowest BCUT2D eigenvalue weighted by Gasteiger charge is -1.76. The first-order valence-electron chi connectivity index (χ1n) is 3.90. The quantitative estimate of drug-likeness (QED) is 0.507. The number of furan rings is 1. The second kappa shape index (κ2) is 6.39. The van der Waals surface area contributed by atoms with E-state index in [2.05, 4.69) is 18.3 Å². The zero-order valence-electron chi connectivity index (χ0n) is 7.32. The van der Waals surface area contributed by atoms with E-state index in [9.17, 15) is 10.1 Å². The van der Waals surface area contributed by atoms with Gasteiger partial charge < -0.3 is 4.42 Å². The molecule has 1 aromatic heterocycles. The van der Waals surface area contributed by atoms with Crippen LogP contribution in [0.25, 0.3) is 0 Å². The van der Waals surface area contributed by atoms with Crippen molar-refractivity contribution in [1.82, 2.24) is 0 Å². The number of nitro groups is 1. The molecule has 68 valence electrons. The predicted octanol–water partition coefficient (Wildman–Crippen LogP) is 2.99. The van der Waals surface area contributed by atoms with E-state index >= 15 is 0 Å². The molecule has 0 aliphatic rings. The van der Waals surface area contributed by atoms with Gasteiger partial charge in [-0.1, -0.05) is 26.7 Å². The number of nitrogens with zero attached hydrogens (tertiary/aromatic N) is 1. The van der Waals surface area contributed by atoms with Crippen molar-refractivity contribution in [3.05, 3.63) is 28.5 Å². The Kier molecular flexibility index (Phi) is 5.69. The molecule has 0 unspecified atom stereocenters. The zero-order valence-corrected chi connectivity index (χ0v) is 7.32. The lowest BCUT2D eigenvalue weighted by Crippen LogP contribution is -1.81. The second-order valence-electron chi connectivity index (χ2n) is 2.21. The van der Waals surface area contributed by atoms with Crippen molar-refractivity contribution in [2.45, 2.75) is 26.7 Å². The van der Waals surface area contributed by atoms with Crippen LogP contribution >= 0.6 is 0 Å². The van der Waals surface area contributed by atoms with Crippen LogP contribution in [0.2, 0.25) is 0 Å². The molecule has 0 aliphatic heterocycles. The molecule has 0 saturated carbocycles. The minimum Gasteiger partial charge on any atom is -0.409 e. The molecule has 0 N–H and O–H groups in total. The first-order chi connectivity index (χ1) is 5.72. The van der Waals surface area contributed by atoms with Gasteiger partial charge in [0.15, 0.2) is 0 Å². The first-order valence-corrected chi connectivity index (χ1v) is 3.90. The van der Waals surface area contributed by atoms with Crippen molar-refractivity contribution in [3.63, 3.8) is 0 Å². The number of hydrogen-bond acceptors (Lipinski definition) is 3. The lowest BCUT2D eigenvalue weighted by molar-refractivity contribution is -0.402. The molecule has 0 radical (unpaired) electrons. The number of rotatable bonds is 2. The van der Waals surface area contributed by atoms with Crippen LogP contribution < -0.4 is 0 Å². The molecule has 1 rings (SSSR count). The normalized spacial score (nSPS) is 8.50. The second-order valence-corrected chi connectivity index (χ2v) is 2.21. The Morgan fingerprint density at radius 1 is 1.50 bits per heavy atom. The fourth-order valence-electron chi connectivity index (χ4n) is 0.374. The van der Waals surface area contributed by atoms with Crippen LogP contribution in [0.3, 0.4) is 0 Å². The van der Waals surface area contributed by atoms with E-state index < -0.39 is 4.92 Å². The molecule has 0 atom stereocenters. The Hall–Kier alpha value is -1.32. The Labute approximate surface area is 71.3 Å². The van der Waals surface area contributed by atoms with Crippen molar-refractivity contribution < 1.29 is 9.34 Å². The average molecular weight is 171 g/mol. The van der Waals surface area contributed by atoms with E-state index in [4.69, 9.17) is 0 Å². The maximum atomic E-state index is 9.77. The standard InChI is InChI=1S/C4H3NO3.C4H10/c6-5(7)4-2-1-3-8-4;1-3-4-2/h1-3H;3-4H2,1-2H3. The van der Waals surface area contributed by atoms with Gasteiger partial charge >= 0.3 is 5.88 Å². The topological polar surface area (TPSA) is 56.3 Å². The maximum Gasteiger partial charge on any atom is 0.432 e. The summed E-state index contributed by atoms with van der Waals surface area (Å²) >= 11 is 0. The van der Waals surface area contributed by atoms with Crippen LogP contribution in [0, 0.1) is 10.1 Å². The van der Waals surface area contributed by atoms with Gasteiger partial charge in [0.25, 0.3) is 0 Å². The predicted molar refractivity (Wildman–Crippen MR) is 45.9 cm³/mol. The van der Waals surface area contributed by atoms with Gasteiger partial charge in [-0.15, -0.1) is 0 Å². The molecular weight excluding hydrogens is 158 g/mol. The van der Waals surface area contributed by atoms with Crippen molar-refractivity contribution in [2.24, 2.45) is 0 Å². The summed E-state index contributed by atoms with van der Waals surface area (Å²) in [5.74, 6) is -0.218. The van der Waals surface area contributed by atoms with E-state index in [0.717, 1.165) is 0 Å². The molecule has 4 nitrogen and oxygen atoms in total. The molecule has 0 saturated heterocycles. The van der Waals surface area contributed by atoms with E-state index in [1.165, 1.54) is 31.2 Å². The molecule has 1 heterocycles. The smallest absolute Gasteiger partial charge is 0.409 e. The Morgan fingerprint density at radius 2 is 2.08 bits per heavy atom. The average Bonchev–Trinajstić information content (AvgIpc) is 2.57. The summed E-state index contributed by atoms with van der Waals surface area (Å²) in [6, 6.07) is 2.76. The molecular formula is C8H13NO3. The summed E-state index contributed by atoms with van der Waals surface area (Å²) in [4.78, 5) is 9.19. The first kappa shape index (κ1) is 10.7.